The Labute approximate surface area is 96.3 Å². The zero-order chi connectivity index (χ0) is 11.0. The molecular weight excluding hydrogens is 256 g/mol. The van der Waals surface area contributed by atoms with Crippen molar-refractivity contribution in [3.8, 4) is 0 Å². The molecule has 2 heterocycles. The van der Waals surface area contributed by atoms with Gasteiger partial charge in [0.1, 0.15) is 16.0 Å². The fourth-order valence-electron chi connectivity index (χ4n) is 1.52. The molecule has 0 unspecified atom stereocenters. The van der Waals surface area contributed by atoms with Crippen LogP contribution in [0.4, 0.5) is 0 Å². The molecule has 0 bridgehead atoms. The molecule has 0 amide bonds. The van der Waals surface area contributed by atoms with Crippen LogP contribution in [0, 0.1) is 6.92 Å². The lowest BCUT2D eigenvalue weighted by Gasteiger charge is -1.96. The Morgan fingerprint density at radius 1 is 1.53 bits per heavy atom. The van der Waals surface area contributed by atoms with Gasteiger partial charge in [0.15, 0.2) is 0 Å². The number of carbonyl (C=O) groups excluding carboxylic acids is 1. The molecule has 2 aromatic rings. The molecule has 0 aliphatic carbocycles. The number of aryl methyl sites for hydroxylation is 1. The number of halogens is 1. The molecule has 0 N–H and O–H groups in total. The highest BCUT2D eigenvalue weighted by molar-refractivity contribution is 9.10. The zero-order valence-corrected chi connectivity index (χ0v) is 10.2. The number of aromatic nitrogens is 2. The maximum absolute atomic E-state index is 11.0. The predicted molar refractivity (Wildman–Crippen MR) is 62.0 cm³/mol. The number of hydrogen-bond donors (Lipinski definition) is 0. The summed E-state index contributed by atoms with van der Waals surface area (Å²) >= 11 is 3.46. The van der Waals surface area contributed by atoms with Crippen molar-refractivity contribution in [2.45, 2.75) is 20.3 Å². The van der Waals surface area contributed by atoms with E-state index in [-0.39, 0.29) is 5.78 Å². The van der Waals surface area contributed by atoms with Crippen molar-refractivity contribution >= 4 is 27.4 Å². The molecule has 0 aliphatic rings. The fourth-order valence-corrected chi connectivity index (χ4v) is 2.03. The number of rotatable bonds is 2. The lowest BCUT2D eigenvalue weighted by atomic mass is 10.2. The molecule has 4 heteroatoms. The SMILES string of the molecule is CC(=O)Cc1nc2ccc(C)cn2c1Br. The highest BCUT2D eigenvalue weighted by Gasteiger charge is 2.10. The summed E-state index contributed by atoms with van der Waals surface area (Å²) in [5, 5.41) is 0. The molecule has 2 aromatic heterocycles. The van der Waals surface area contributed by atoms with E-state index >= 15 is 0 Å². The minimum atomic E-state index is 0.121. The van der Waals surface area contributed by atoms with E-state index in [0.29, 0.717) is 6.42 Å². The van der Waals surface area contributed by atoms with E-state index in [1.165, 1.54) is 0 Å². The third-order valence-electron chi connectivity index (χ3n) is 2.19. The fraction of sp³-hybridized carbons (Fsp3) is 0.273. The van der Waals surface area contributed by atoms with Crippen molar-refractivity contribution in [1.82, 2.24) is 9.38 Å². The van der Waals surface area contributed by atoms with Crippen LogP contribution in [0.15, 0.2) is 22.9 Å². The summed E-state index contributed by atoms with van der Waals surface area (Å²) in [7, 11) is 0. The zero-order valence-electron chi connectivity index (χ0n) is 8.62. The standard InChI is InChI=1S/C11H11BrN2O/c1-7-3-4-10-13-9(5-8(2)15)11(12)14(10)6-7/h3-4,6H,5H2,1-2H3. The van der Waals surface area contributed by atoms with Gasteiger partial charge in [-0.05, 0) is 41.4 Å². The number of pyridine rings is 1. The summed E-state index contributed by atoms with van der Waals surface area (Å²) in [6.07, 6.45) is 2.37. The van der Waals surface area contributed by atoms with Gasteiger partial charge in [0.25, 0.3) is 0 Å². The van der Waals surface area contributed by atoms with Crippen molar-refractivity contribution in [3.05, 3.63) is 34.2 Å². The molecule has 0 radical (unpaired) electrons. The molecule has 0 spiro atoms. The highest BCUT2D eigenvalue weighted by Crippen LogP contribution is 2.20. The lowest BCUT2D eigenvalue weighted by molar-refractivity contribution is -0.116. The van der Waals surface area contributed by atoms with Crippen LogP contribution < -0.4 is 0 Å². The largest absolute Gasteiger partial charge is 0.300 e. The summed E-state index contributed by atoms with van der Waals surface area (Å²) in [5.41, 5.74) is 2.83. The second-order valence-electron chi connectivity index (χ2n) is 3.66. The molecule has 0 aromatic carbocycles. The van der Waals surface area contributed by atoms with E-state index in [1.54, 1.807) is 6.92 Å². The van der Waals surface area contributed by atoms with Crippen molar-refractivity contribution in [1.29, 1.82) is 0 Å². The van der Waals surface area contributed by atoms with E-state index in [2.05, 4.69) is 20.9 Å². The van der Waals surface area contributed by atoms with Crippen LogP contribution in [0.1, 0.15) is 18.2 Å². The van der Waals surface area contributed by atoms with Crippen LogP contribution in [0.5, 0.6) is 0 Å². The summed E-state index contributed by atoms with van der Waals surface area (Å²) in [5.74, 6) is 0.121. The average Bonchev–Trinajstić information content (AvgIpc) is 2.44. The van der Waals surface area contributed by atoms with Crippen molar-refractivity contribution in [2.24, 2.45) is 0 Å². The third kappa shape index (κ3) is 1.95. The predicted octanol–water partition coefficient (Wildman–Crippen LogP) is 2.54. The Kier molecular flexibility index (Phi) is 2.61. The van der Waals surface area contributed by atoms with E-state index in [4.69, 9.17) is 0 Å². The normalized spacial score (nSPS) is 10.9. The van der Waals surface area contributed by atoms with Crippen LogP contribution in [-0.2, 0) is 11.2 Å². The lowest BCUT2D eigenvalue weighted by Crippen LogP contribution is -1.97. The van der Waals surface area contributed by atoms with Crippen molar-refractivity contribution in [2.75, 3.05) is 0 Å². The van der Waals surface area contributed by atoms with Crippen molar-refractivity contribution in [3.63, 3.8) is 0 Å². The maximum atomic E-state index is 11.0. The summed E-state index contributed by atoms with van der Waals surface area (Å²) in [6, 6.07) is 3.95. The van der Waals surface area contributed by atoms with Gasteiger partial charge in [0.05, 0.1) is 12.1 Å². The Hall–Kier alpha value is -1.16. The van der Waals surface area contributed by atoms with Gasteiger partial charge < -0.3 is 0 Å². The van der Waals surface area contributed by atoms with Crippen LogP contribution >= 0.6 is 15.9 Å². The van der Waals surface area contributed by atoms with Gasteiger partial charge in [-0.2, -0.15) is 0 Å². The Morgan fingerprint density at radius 2 is 2.27 bits per heavy atom. The summed E-state index contributed by atoms with van der Waals surface area (Å²) in [4.78, 5) is 15.4. The minimum absolute atomic E-state index is 0.121. The second-order valence-corrected chi connectivity index (χ2v) is 4.41. The molecule has 78 valence electrons. The molecule has 15 heavy (non-hydrogen) atoms. The monoisotopic (exact) mass is 266 g/mol. The van der Waals surface area contributed by atoms with Crippen LogP contribution in [0.2, 0.25) is 0 Å². The number of Topliss-reactive ketones (excluding diaryl/α,β-unsaturated/α-hetero) is 1. The van der Waals surface area contributed by atoms with Gasteiger partial charge >= 0.3 is 0 Å². The van der Waals surface area contributed by atoms with Gasteiger partial charge in [0.2, 0.25) is 0 Å². The molecule has 0 fully saturated rings. The van der Waals surface area contributed by atoms with E-state index < -0.39 is 0 Å². The van der Waals surface area contributed by atoms with Crippen LogP contribution in [0.25, 0.3) is 5.65 Å². The van der Waals surface area contributed by atoms with Gasteiger partial charge in [-0.15, -0.1) is 0 Å². The minimum Gasteiger partial charge on any atom is -0.300 e. The smallest absolute Gasteiger partial charge is 0.137 e. The number of nitrogens with zero attached hydrogens (tertiary/aromatic N) is 2. The maximum Gasteiger partial charge on any atom is 0.137 e. The Bertz CT molecular complexity index is 531. The summed E-state index contributed by atoms with van der Waals surface area (Å²) in [6.45, 7) is 3.60. The number of imidazole rings is 1. The Morgan fingerprint density at radius 3 is 2.93 bits per heavy atom. The first-order chi connectivity index (χ1) is 7.08. The van der Waals surface area contributed by atoms with E-state index in [0.717, 1.165) is 21.5 Å². The van der Waals surface area contributed by atoms with Crippen LogP contribution in [0.3, 0.4) is 0 Å². The molecule has 0 atom stereocenters. The van der Waals surface area contributed by atoms with Gasteiger partial charge in [-0.25, -0.2) is 4.98 Å². The number of hydrogen-bond acceptors (Lipinski definition) is 2. The molecule has 3 nitrogen and oxygen atoms in total. The quantitative estimate of drug-likeness (QED) is 0.838. The van der Waals surface area contributed by atoms with Gasteiger partial charge in [0, 0.05) is 6.20 Å². The van der Waals surface area contributed by atoms with E-state index in [1.807, 2.05) is 29.7 Å². The number of fused-ring (bicyclic) bond motifs is 1. The van der Waals surface area contributed by atoms with Gasteiger partial charge in [-0.1, -0.05) is 6.07 Å². The Balaban J connectivity index is 2.59. The molecular formula is C11H11BrN2O. The highest BCUT2D eigenvalue weighted by atomic mass is 79.9. The first-order valence-corrected chi connectivity index (χ1v) is 5.50. The van der Waals surface area contributed by atoms with Crippen LogP contribution in [-0.4, -0.2) is 15.2 Å². The molecule has 0 aliphatic heterocycles. The number of ketones is 1. The third-order valence-corrected chi connectivity index (χ3v) is 3.03. The molecule has 2 rings (SSSR count). The molecule has 0 saturated carbocycles. The van der Waals surface area contributed by atoms with Gasteiger partial charge in [-0.3, -0.25) is 9.20 Å². The average molecular weight is 267 g/mol. The van der Waals surface area contributed by atoms with E-state index in [9.17, 15) is 4.79 Å². The second kappa shape index (κ2) is 3.77. The summed E-state index contributed by atoms with van der Waals surface area (Å²) < 4.78 is 2.82. The number of carbonyl (C=O) groups is 1. The molecule has 0 saturated heterocycles. The topological polar surface area (TPSA) is 34.4 Å². The first kappa shape index (κ1) is 10.4. The first-order valence-electron chi connectivity index (χ1n) is 4.70. The van der Waals surface area contributed by atoms with Crippen molar-refractivity contribution < 1.29 is 4.79 Å².